The Labute approximate surface area is 115 Å². The van der Waals surface area contributed by atoms with Crippen LogP contribution in [0, 0.1) is 6.92 Å². The van der Waals surface area contributed by atoms with Gasteiger partial charge in [-0.1, -0.05) is 0 Å². The van der Waals surface area contributed by atoms with Gasteiger partial charge in [0.05, 0.1) is 12.7 Å². The van der Waals surface area contributed by atoms with E-state index in [4.69, 9.17) is 14.6 Å². The predicted molar refractivity (Wildman–Crippen MR) is 70.6 cm³/mol. The lowest BCUT2D eigenvalue weighted by Gasteiger charge is -2.17. The molecule has 0 aliphatic carbocycles. The number of hydrogen-bond acceptors (Lipinski definition) is 6. The van der Waals surface area contributed by atoms with Crippen molar-refractivity contribution >= 4 is 0 Å². The van der Waals surface area contributed by atoms with Gasteiger partial charge in [0.15, 0.2) is 6.23 Å². The van der Waals surface area contributed by atoms with Gasteiger partial charge in [0.1, 0.15) is 6.10 Å². The van der Waals surface area contributed by atoms with Gasteiger partial charge in [-0.05, 0) is 6.92 Å². The fraction of sp³-hybridized carbons (Fsp3) is 0.667. The monoisotopic (exact) mass is 288 g/mol. The molecule has 0 bridgehead atoms. The van der Waals surface area contributed by atoms with Crippen LogP contribution in [0.3, 0.4) is 0 Å². The molecular formula is C12H20N2O6. The third-order valence-electron chi connectivity index (χ3n) is 2.94. The predicted octanol–water partition coefficient (Wildman–Crippen LogP) is -1.25. The normalized spacial score (nSPS) is 25.1. The summed E-state index contributed by atoms with van der Waals surface area (Å²) in [6, 6.07) is 0. The number of nitrogens with one attached hydrogen (secondary N) is 1. The lowest BCUT2D eigenvalue weighted by atomic mass is 10.2. The number of methoxy groups -OCH3 is 1. The summed E-state index contributed by atoms with van der Waals surface area (Å²) in [7, 11) is 2.54. The fourth-order valence-corrected chi connectivity index (χ4v) is 2.05. The third kappa shape index (κ3) is 3.54. The van der Waals surface area contributed by atoms with E-state index in [-0.39, 0.29) is 6.10 Å². The molecule has 8 heteroatoms. The Balaban J connectivity index is 0.000000956. The minimum Gasteiger partial charge on any atom is -0.400 e. The number of hydrogen-bond donors (Lipinski definition) is 3. The van der Waals surface area contributed by atoms with Crippen LogP contribution in [0.4, 0.5) is 0 Å². The zero-order valence-corrected chi connectivity index (χ0v) is 11.7. The van der Waals surface area contributed by atoms with Crippen molar-refractivity contribution in [2.45, 2.75) is 31.8 Å². The van der Waals surface area contributed by atoms with Crippen LogP contribution in [0.2, 0.25) is 0 Å². The van der Waals surface area contributed by atoms with E-state index in [1.54, 1.807) is 14.0 Å². The van der Waals surface area contributed by atoms with Gasteiger partial charge < -0.3 is 19.7 Å². The first-order valence-electron chi connectivity index (χ1n) is 6.12. The molecule has 0 aromatic carbocycles. The van der Waals surface area contributed by atoms with Crippen molar-refractivity contribution in [1.29, 1.82) is 0 Å². The summed E-state index contributed by atoms with van der Waals surface area (Å²) in [6.07, 6.45) is -0.0524. The number of H-pyrrole nitrogens is 1. The smallest absolute Gasteiger partial charge is 0.330 e. The number of aliphatic hydroxyl groups excluding tert-OH is 2. The van der Waals surface area contributed by atoms with Crippen LogP contribution in [-0.2, 0) is 9.47 Å². The summed E-state index contributed by atoms with van der Waals surface area (Å²) >= 11 is 0. The molecule has 3 N–H and O–H groups in total. The van der Waals surface area contributed by atoms with Crippen LogP contribution in [0.25, 0.3) is 0 Å². The summed E-state index contributed by atoms with van der Waals surface area (Å²) < 4.78 is 11.7. The highest BCUT2D eigenvalue weighted by Gasteiger charge is 2.35. The molecule has 1 unspecified atom stereocenters. The molecule has 0 amide bonds. The van der Waals surface area contributed by atoms with Crippen molar-refractivity contribution in [3.05, 3.63) is 32.6 Å². The van der Waals surface area contributed by atoms with E-state index in [1.807, 2.05) is 0 Å². The third-order valence-corrected chi connectivity index (χ3v) is 2.94. The lowest BCUT2D eigenvalue weighted by Crippen LogP contribution is -2.36. The van der Waals surface area contributed by atoms with Gasteiger partial charge in [0, 0.05) is 32.4 Å². The van der Waals surface area contributed by atoms with Crippen molar-refractivity contribution in [2.24, 2.45) is 0 Å². The number of ether oxygens (including phenoxy) is 2. The Hall–Kier alpha value is -1.48. The van der Waals surface area contributed by atoms with E-state index in [9.17, 15) is 14.7 Å². The number of aryl methyl sites for hydroxylation is 1. The van der Waals surface area contributed by atoms with Crippen LogP contribution in [0.15, 0.2) is 15.8 Å². The first kappa shape index (κ1) is 16.6. The van der Waals surface area contributed by atoms with E-state index >= 15 is 0 Å². The van der Waals surface area contributed by atoms with Crippen LogP contribution in [0.1, 0.15) is 18.2 Å². The number of aromatic nitrogens is 2. The molecular weight excluding hydrogens is 268 g/mol. The fourth-order valence-electron chi connectivity index (χ4n) is 2.05. The summed E-state index contributed by atoms with van der Waals surface area (Å²) in [6.45, 7) is 1.94. The molecule has 0 radical (unpaired) electrons. The minimum absolute atomic E-state index is 0.255. The van der Waals surface area contributed by atoms with Crippen molar-refractivity contribution in [3.8, 4) is 0 Å². The van der Waals surface area contributed by atoms with Crippen molar-refractivity contribution in [2.75, 3.05) is 20.8 Å². The van der Waals surface area contributed by atoms with Crippen molar-refractivity contribution in [3.63, 3.8) is 0 Å². The molecule has 3 atom stereocenters. The molecule has 8 nitrogen and oxygen atoms in total. The van der Waals surface area contributed by atoms with Crippen LogP contribution < -0.4 is 11.2 Å². The molecule has 114 valence electrons. The van der Waals surface area contributed by atoms with Gasteiger partial charge in [-0.2, -0.15) is 0 Å². The number of nitrogens with zero attached hydrogens (tertiary/aromatic N) is 1. The summed E-state index contributed by atoms with van der Waals surface area (Å²) in [4.78, 5) is 25.1. The SMILES string of the molecule is CO.COC[C@@H]1CC(O)[C@H](n2cc(C)c(=O)[nH]c2=O)O1. The maximum absolute atomic E-state index is 11.7. The molecule has 2 rings (SSSR count). The highest BCUT2D eigenvalue weighted by molar-refractivity contribution is 5.02. The van der Waals surface area contributed by atoms with Gasteiger partial charge in [0.25, 0.3) is 5.56 Å². The summed E-state index contributed by atoms with van der Waals surface area (Å²) in [5.74, 6) is 0. The van der Waals surface area contributed by atoms with E-state index in [0.29, 0.717) is 18.6 Å². The second-order valence-electron chi connectivity index (χ2n) is 4.39. The number of aliphatic hydroxyl groups is 2. The molecule has 1 aliphatic rings. The average Bonchev–Trinajstić information content (AvgIpc) is 2.78. The second-order valence-corrected chi connectivity index (χ2v) is 4.39. The minimum atomic E-state index is -0.798. The van der Waals surface area contributed by atoms with Gasteiger partial charge >= 0.3 is 5.69 Å². The Morgan fingerprint density at radius 1 is 1.50 bits per heavy atom. The van der Waals surface area contributed by atoms with Crippen molar-refractivity contribution in [1.82, 2.24) is 9.55 Å². The topological polar surface area (TPSA) is 114 Å². The van der Waals surface area contributed by atoms with E-state index in [2.05, 4.69) is 4.98 Å². The van der Waals surface area contributed by atoms with Crippen LogP contribution in [0.5, 0.6) is 0 Å². The van der Waals surface area contributed by atoms with E-state index in [1.165, 1.54) is 10.8 Å². The number of aromatic amines is 1. The zero-order valence-electron chi connectivity index (χ0n) is 11.7. The first-order chi connectivity index (χ1) is 9.52. The molecule has 0 saturated carbocycles. The standard InChI is InChI=1S/C11H16N2O5.CH4O/c1-6-4-13(11(16)12-9(6)15)10-8(14)3-7(18-10)5-17-2;1-2/h4,7-8,10,14H,3,5H2,1-2H3,(H,12,15,16);2H,1H3/t7-,8?,10+;/m0./s1. The Morgan fingerprint density at radius 2 is 2.15 bits per heavy atom. The molecule has 0 spiro atoms. The van der Waals surface area contributed by atoms with E-state index < -0.39 is 23.6 Å². The average molecular weight is 288 g/mol. The Bertz CT molecular complexity index is 537. The zero-order chi connectivity index (χ0) is 15.3. The van der Waals surface area contributed by atoms with Gasteiger partial charge in [-0.3, -0.25) is 14.3 Å². The molecule has 1 aromatic rings. The first-order valence-corrected chi connectivity index (χ1v) is 6.12. The molecule has 2 heterocycles. The van der Waals surface area contributed by atoms with Gasteiger partial charge in [-0.15, -0.1) is 0 Å². The largest absolute Gasteiger partial charge is 0.400 e. The van der Waals surface area contributed by atoms with E-state index in [0.717, 1.165) is 7.11 Å². The quantitative estimate of drug-likeness (QED) is 0.640. The molecule has 1 aromatic heterocycles. The maximum Gasteiger partial charge on any atom is 0.330 e. The molecule has 1 saturated heterocycles. The molecule has 1 fully saturated rings. The van der Waals surface area contributed by atoms with Crippen LogP contribution in [-0.4, -0.2) is 52.8 Å². The Kier molecular flexibility index (Phi) is 6.08. The summed E-state index contributed by atoms with van der Waals surface area (Å²) in [5.41, 5.74) is -0.634. The molecule has 20 heavy (non-hydrogen) atoms. The highest BCUT2D eigenvalue weighted by Crippen LogP contribution is 2.27. The highest BCUT2D eigenvalue weighted by atomic mass is 16.6. The molecule has 1 aliphatic heterocycles. The number of rotatable bonds is 3. The van der Waals surface area contributed by atoms with Crippen molar-refractivity contribution < 1.29 is 19.7 Å². The Morgan fingerprint density at radius 3 is 2.75 bits per heavy atom. The summed E-state index contributed by atoms with van der Waals surface area (Å²) in [5, 5.41) is 16.9. The lowest BCUT2D eigenvalue weighted by molar-refractivity contribution is -0.0583. The van der Waals surface area contributed by atoms with Gasteiger partial charge in [0.2, 0.25) is 0 Å². The second kappa shape index (κ2) is 7.34. The maximum atomic E-state index is 11.7. The van der Waals surface area contributed by atoms with Gasteiger partial charge in [-0.25, -0.2) is 4.79 Å². The van der Waals surface area contributed by atoms with Crippen LogP contribution >= 0.6 is 0 Å².